The minimum absolute atomic E-state index is 0. The van der Waals surface area contributed by atoms with Crippen LogP contribution in [0, 0.1) is 6.10 Å². The van der Waals surface area contributed by atoms with E-state index in [1.54, 1.807) is 6.92 Å². The van der Waals surface area contributed by atoms with E-state index in [2.05, 4.69) is 0 Å². The standard InChI is InChI=1S/C18H34O9P.W/c1-10(2)22-8-16-18(17(19)13(6)26-16)27-28(20,21)23-9-15-14(24-11(3)4)7-12(5)25-15;/h10-14,16-19H,7-9H2,1-6H3,(H,20,21);/q-1;/p-1/t12-,13-,14?,16+,17+,18?;/m0./s1. The van der Waals surface area contributed by atoms with Crippen molar-refractivity contribution in [3.8, 4) is 0 Å². The van der Waals surface area contributed by atoms with Gasteiger partial charge < -0.3 is 38.0 Å². The first-order valence-corrected chi connectivity index (χ1v) is 11.2. The largest absolute Gasteiger partial charge is 0.756 e. The van der Waals surface area contributed by atoms with E-state index in [0.29, 0.717) is 12.5 Å². The Labute approximate surface area is 187 Å². The molecule has 7 atom stereocenters. The molecule has 2 heterocycles. The van der Waals surface area contributed by atoms with Gasteiger partial charge in [-0.1, -0.05) is 0 Å². The average molecular weight is 608 g/mol. The Bertz CT molecular complexity index is 535. The van der Waals surface area contributed by atoms with E-state index in [1.807, 2.05) is 34.6 Å². The summed E-state index contributed by atoms with van der Waals surface area (Å²) < 4.78 is 44.9. The van der Waals surface area contributed by atoms with Crippen molar-refractivity contribution < 1.29 is 63.6 Å². The van der Waals surface area contributed by atoms with Crippen molar-refractivity contribution in [3.63, 3.8) is 0 Å². The fraction of sp³-hybridized carbons (Fsp3) is 0.944. The number of aliphatic hydroxyl groups is 1. The number of phosphoric acid groups is 1. The van der Waals surface area contributed by atoms with E-state index in [4.69, 9.17) is 28.0 Å². The molecular weight excluding hydrogens is 575 g/mol. The predicted molar refractivity (Wildman–Crippen MR) is 98.3 cm³/mol. The molecule has 3 unspecified atom stereocenters. The zero-order chi connectivity index (χ0) is 21.1. The molecule has 0 aromatic carbocycles. The van der Waals surface area contributed by atoms with Crippen LogP contribution in [-0.2, 0) is 53.6 Å². The molecule has 2 aliphatic rings. The second kappa shape index (κ2) is 12.0. The van der Waals surface area contributed by atoms with Crippen molar-refractivity contribution in [1.82, 2.24) is 0 Å². The maximum Gasteiger partial charge on any atom is 0.265 e. The molecule has 0 radical (unpaired) electrons. The third-order valence-corrected chi connectivity index (χ3v) is 5.42. The molecule has 0 aliphatic carbocycles. The molecule has 0 amide bonds. The van der Waals surface area contributed by atoms with Crippen molar-refractivity contribution in [3.05, 3.63) is 6.10 Å². The molecule has 1 N–H and O–H groups in total. The van der Waals surface area contributed by atoms with Crippen LogP contribution in [0.3, 0.4) is 0 Å². The summed E-state index contributed by atoms with van der Waals surface area (Å²) >= 11 is 0. The van der Waals surface area contributed by atoms with Gasteiger partial charge in [0, 0.05) is 33.3 Å². The van der Waals surface area contributed by atoms with E-state index < -0.39 is 32.2 Å². The molecule has 2 fully saturated rings. The van der Waals surface area contributed by atoms with Gasteiger partial charge in [0.25, 0.3) is 7.82 Å². The summed E-state index contributed by atoms with van der Waals surface area (Å²) in [6, 6.07) is 0. The van der Waals surface area contributed by atoms with E-state index >= 15 is 0 Å². The van der Waals surface area contributed by atoms with Crippen LogP contribution in [0.15, 0.2) is 0 Å². The fourth-order valence-electron chi connectivity index (χ4n) is 3.20. The zero-order valence-electron chi connectivity index (χ0n) is 17.8. The van der Waals surface area contributed by atoms with Crippen LogP contribution in [0.25, 0.3) is 0 Å². The van der Waals surface area contributed by atoms with Gasteiger partial charge in [-0.05, 0) is 60.7 Å². The molecule has 0 saturated carbocycles. The molecule has 0 aromatic heterocycles. The van der Waals surface area contributed by atoms with Crippen molar-refractivity contribution in [1.29, 1.82) is 0 Å². The summed E-state index contributed by atoms with van der Waals surface area (Å²) in [5.41, 5.74) is 0. The Morgan fingerprint density at radius 2 is 1.90 bits per heavy atom. The van der Waals surface area contributed by atoms with Crippen LogP contribution in [0.1, 0.15) is 48.0 Å². The van der Waals surface area contributed by atoms with Crippen molar-refractivity contribution in [2.75, 3.05) is 13.2 Å². The first kappa shape index (κ1) is 27.6. The van der Waals surface area contributed by atoms with Gasteiger partial charge in [-0.25, -0.2) is 0 Å². The van der Waals surface area contributed by atoms with Gasteiger partial charge in [0.1, 0.15) is 18.3 Å². The molecule has 0 bridgehead atoms. The van der Waals surface area contributed by atoms with Crippen molar-refractivity contribution in [2.45, 2.75) is 96.8 Å². The molecule has 2 aliphatic heterocycles. The summed E-state index contributed by atoms with van der Waals surface area (Å²) in [6.45, 7) is 10.8. The summed E-state index contributed by atoms with van der Waals surface area (Å²) in [4.78, 5) is 12.4. The zero-order valence-corrected chi connectivity index (χ0v) is 21.6. The summed E-state index contributed by atoms with van der Waals surface area (Å²) in [5, 5.41) is 10.2. The van der Waals surface area contributed by atoms with Gasteiger partial charge >= 0.3 is 0 Å². The Kier molecular flexibility index (Phi) is 11.4. The van der Waals surface area contributed by atoms with E-state index in [1.165, 1.54) is 0 Å². The second-order valence-electron chi connectivity index (χ2n) is 7.85. The Balaban J connectivity index is 0.00000420. The van der Waals surface area contributed by atoms with E-state index in [-0.39, 0.29) is 58.7 Å². The van der Waals surface area contributed by atoms with E-state index in [0.717, 1.165) is 0 Å². The summed E-state index contributed by atoms with van der Waals surface area (Å²) in [5.74, 6) is 0. The number of hydrogen-bond acceptors (Lipinski definition) is 9. The third-order valence-electron chi connectivity index (χ3n) is 4.48. The molecule has 29 heavy (non-hydrogen) atoms. The first-order valence-electron chi connectivity index (χ1n) is 9.75. The van der Waals surface area contributed by atoms with Crippen LogP contribution in [-0.4, -0.2) is 67.2 Å². The molecule has 2 saturated heterocycles. The maximum absolute atomic E-state index is 12.4. The number of phosphoric ester groups is 1. The molecule has 0 spiro atoms. The van der Waals surface area contributed by atoms with E-state index in [9.17, 15) is 14.6 Å². The third kappa shape index (κ3) is 8.57. The van der Waals surface area contributed by atoms with Gasteiger partial charge in [-0.15, -0.1) is 6.10 Å². The number of aliphatic hydroxyl groups excluding tert-OH is 1. The molecule has 2 rings (SSSR count). The van der Waals surface area contributed by atoms with Crippen LogP contribution in [0.2, 0.25) is 0 Å². The Morgan fingerprint density at radius 1 is 1.24 bits per heavy atom. The van der Waals surface area contributed by atoms with Crippen molar-refractivity contribution >= 4 is 7.82 Å². The second-order valence-corrected chi connectivity index (χ2v) is 9.21. The van der Waals surface area contributed by atoms with Gasteiger partial charge in [-0.3, -0.25) is 4.57 Å². The molecule has 9 nitrogen and oxygen atoms in total. The van der Waals surface area contributed by atoms with Gasteiger partial charge in [0.15, 0.2) is 0 Å². The molecular formula is C18H33O9PW-2. The van der Waals surface area contributed by atoms with Gasteiger partial charge in [0.05, 0.1) is 18.8 Å². The molecule has 11 heteroatoms. The van der Waals surface area contributed by atoms with Crippen LogP contribution >= 0.6 is 7.82 Å². The van der Waals surface area contributed by atoms with Gasteiger partial charge in [-0.2, -0.15) is 0 Å². The van der Waals surface area contributed by atoms with Crippen LogP contribution in [0.5, 0.6) is 0 Å². The minimum Gasteiger partial charge on any atom is -0.756 e. The Hall–Kier alpha value is 0.598. The summed E-state index contributed by atoms with van der Waals surface area (Å²) in [7, 11) is -4.73. The summed E-state index contributed by atoms with van der Waals surface area (Å²) in [6.07, 6.45) is -2.98. The number of hydrogen-bond donors (Lipinski definition) is 1. The average Bonchev–Trinajstić information content (AvgIpc) is 3.04. The van der Waals surface area contributed by atoms with Crippen molar-refractivity contribution in [2.24, 2.45) is 0 Å². The molecule has 0 aromatic rings. The van der Waals surface area contributed by atoms with Crippen LogP contribution < -0.4 is 4.89 Å². The van der Waals surface area contributed by atoms with Crippen LogP contribution in [0.4, 0.5) is 0 Å². The number of rotatable bonds is 10. The number of ether oxygens (including phenoxy) is 4. The smallest absolute Gasteiger partial charge is 0.265 e. The quantitative estimate of drug-likeness (QED) is 0.292. The first-order chi connectivity index (χ1) is 13.0. The molecule has 172 valence electrons. The topological polar surface area (TPSA) is 116 Å². The fourth-order valence-corrected chi connectivity index (χ4v) is 4.10. The normalized spacial score (nSPS) is 35.2. The maximum atomic E-state index is 12.4. The van der Waals surface area contributed by atoms with Gasteiger partial charge in [0.2, 0.25) is 0 Å². The monoisotopic (exact) mass is 608 g/mol. The minimum atomic E-state index is -4.73. The SMILES string of the molecule is CC(C)OC[C@H]1O[C@@H](C)[C@@H](O)C1OP(=O)([O-])OC[C-]1O[C@@H](C)CC1OC(C)C.[W]. The Morgan fingerprint density at radius 3 is 2.48 bits per heavy atom. The predicted octanol–water partition coefficient (Wildman–Crippen LogP) is 1.56.